The SMILES string of the molecule is CN(C)S(=O)(=O)c1ccc(CNCc2ccccc2Br)o1. The van der Waals surface area contributed by atoms with Crippen molar-refractivity contribution in [3.63, 3.8) is 0 Å². The van der Waals surface area contributed by atoms with E-state index in [-0.39, 0.29) is 5.09 Å². The minimum Gasteiger partial charge on any atom is -0.447 e. The van der Waals surface area contributed by atoms with Crippen molar-refractivity contribution in [1.29, 1.82) is 0 Å². The molecule has 0 amide bonds. The van der Waals surface area contributed by atoms with Gasteiger partial charge in [-0.2, -0.15) is 0 Å². The zero-order valence-corrected chi connectivity index (χ0v) is 14.2. The predicted molar refractivity (Wildman–Crippen MR) is 84.3 cm³/mol. The third-order valence-corrected chi connectivity index (χ3v) is 5.41. The van der Waals surface area contributed by atoms with E-state index in [0.29, 0.717) is 18.8 Å². The summed E-state index contributed by atoms with van der Waals surface area (Å²) < 4.78 is 31.3. The lowest BCUT2D eigenvalue weighted by molar-refractivity contribution is 0.389. The summed E-state index contributed by atoms with van der Waals surface area (Å²) in [7, 11) is -0.559. The molecule has 0 aliphatic heterocycles. The second-order valence-electron chi connectivity index (χ2n) is 4.70. The highest BCUT2D eigenvalue weighted by atomic mass is 79.9. The normalized spacial score (nSPS) is 12.0. The number of hydrogen-bond acceptors (Lipinski definition) is 4. The first kappa shape index (κ1) is 16.2. The largest absolute Gasteiger partial charge is 0.447 e. The van der Waals surface area contributed by atoms with Gasteiger partial charge in [0.1, 0.15) is 5.76 Å². The molecule has 0 aliphatic rings. The quantitative estimate of drug-likeness (QED) is 0.846. The molecule has 1 heterocycles. The lowest BCUT2D eigenvalue weighted by Gasteiger charge is -2.08. The molecule has 21 heavy (non-hydrogen) atoms. The van der Waals surface area contributed by atoms with E-state index in [9.17, 15) is 8.42 Å². The standard InChI is InChI=1S/C14H17BrN2O3S/c1-17(2)21(18,19)14-8-7-12(20-14)10-16-9-11-5-3-4-6-13(11)15/h3-8,16H,9-10H2,1-2H3. The van der Waals surface area contributed by atoms with Gasteiger partial charge in [0, 0.05) is 25.1 Å². The van der Waals surface area contributed by atoms with Gasteiger partial charge in [-0.05, 0) is 23.8 Å². The molecule has 0 atom stereocenters. The molecule has 0 saturated heterocycles. The first-order valence-corrected chi connectivity index (χ1v) is 8.60. The Labute approximate surface area is 133 Å². The van der Waals surface area contributed by atoms with Crippen LogP contribution in [-0.2, 0) is 23.1 Å². The molecule has 1 aromatic heterocycles. The van der Waals surface area contributed by atoms with Crippen molar-refractivity contribution in [2.75, 3.05) is 14.1 Å². The van der Waals surface area contributed by atoms with Gasteiger partial charge in [0.05, 0.1) is 6.54 Å². The average molecular weight is 373 g/mol. The Kier molecular flexibility index (Phi) is 5.21. The Balaban J connectivity index is 1.97. The third-order valence-electron chi connectivity index (χ3n) is 2.94. The van der Waals surface area contributed by atoms with Crippen LogP contribution in [0.5, 0.6) is 0 Å². The Hall–Kier alpha value is -1.15. The molecular weight excluding hydrogens is 356 g/mol. The molecule has 2 rings (SSSR count). The number of halogens is 1. The fourth-order valence-corrected chi connectivity index (χ4v) is 2.97. The highest BCUT2D eigenvalue weighted by Gasteiger charge is 2.21. The van der Waals surface area contributed by atoms with Gasteiger partial charge in [-0.3, -0.25) is 0 Å². The zero-order valence-electron chi connectivity index (χ0n) is 11.8. The Morgan fingerprint density at radius 1 is 1.14 bits per heavy atom. The van der Waals surface area contributed by atoms with Crippen LogP contribution >= 0.6 is 15.9 Å². The summed E-state index contributed by atoms with van der Waals surface area (Å²) in [5.41, 5.74) is 1.13. The van der Waals surface area contributed by atoms with Crippen molar-refractivity contribution < 1.29 is 12.8 Å². The number of nitrogens with zero attached hydrogens (tertiary/aromatic N) is 1. The number of nitrogens with one attached hydrogen (secondary N) is 1. The second kappa shape index (κ2) is 6.74. The van der Waals surface area contributed by atoms with Gasteiger partial charge < -0.3 is 9.73 Å². The van der Waals surface area contributed by atoms with E-state index in [0.717, 1.165) is 14.3 Å². The first-order chi connectivity index (χ1) is 9.91. The molecule has 1 aromatic carbocycles. The van der Waals surface area contributed by atoms with Crippen LogP contribution in [0.25, 0.3) is 0 Å². The number of hydrogen-bond donors (Lipinski definition) is 1. The summed E-state index contributed by atoms with van der Waals surface area (Å²) in [6.07, 6.45) is 0. The minimum absolute atomic E-state index is 0.0369. The van der Waals surface area contributed by atoms with Crippen LogP contribution in [0.1, 0.15) is 11.3 Å². The van der Waals surface area contributed by atoms with Crippen molar-refractivity contribution in [2.45, 2.75) is 18.2 Å². The van der Waals surface area contributed by atoms with Crippen LogP contribution in [-0.4, -0.2) is 26.8 Å². The van der Waals surface area contributed by atoms with Crippen molar-refractivity contribution in [3.05, 3.63) is 52.2 Å². The van der Waals surface area contributed by atoms with E-state index in [1.165, 1.54) is 20.2 Å². The number of sulfonamides is 1. The van der Waals surface area contributed by atoms with E-state index in [1.807, 2.05) is 24.3 Å². The van der Waals surface area contributed by atoms with Gasteiger partial charge >= 0.3 is 0 Å². The maximum atomic E-state index is 11.9. The molecule has 0 aliphatic carbocycles. The Bertz CT molecular complexity index is 711. The number of furan rings is 1. The van der Waals surface area contributed by atoms with Crippen LogP contribution in [0.15, 0.2) is 50.4 Å². The molecule has 5 nitrogen and oxygen atoms in total. The molecule has 0 fully saturated rings. The predicted octanol–water partition coefficient (Wildman–Crippen LogP) is 2.58. The summed E-state index contributed by atoms with van der Waals surface area (Å²) in [5.74, 6) is 0.586. The van der Waals surface area contributed by atoms with Crippen LogP contribution in [0, 0.1) is 0 Å². The molecule has 0 spiro atoms. The van der Waals surface area contributed by atoms with Gasteiger partial charge in [-0.25, -0.2) is 12.7 Å². The van der Waals surface area contributed by atoms with Gasteiger partial charge in [-0.1, -0.05) is 34.1 Å². The lowest BCUT2D eigenvalue weighted by atomic mass is 10.2. The minimum atomic E-state index is -3.51. The van der Waals surface area contributed by atoms with Gasteiger partial charge in [-0.15, -0.1) is 0 Å². The molecule has 0 saturated carbocycles. The Morgan fingerprint density at radius 3 is 2.52 bits per heavy atom. The molecular formula is C14H17BrN2O3S. The molecule has 114 valence electrons. The number of rotatable bonds is 6. The fraction of sp³-hybridized carbons (Fsp3) is 0.286. The van der Waals surface area contributed by atoms with E-state index < -0.39 is 10.0 Å². The van der Waals surface area contributed by atoms with Crippen molar-refractivity contribution in [1.82, 2.24) is 9.62 Å². The molecule has 0 radical (unpaired) electrons. The molecule has 0 unspecified atom stereocenters. The van der Waals surface area contributed by atoms with Crippen LogP contribution in [0.3, 0.4) is 0 Å². The second-order valence-corrected chi connectivity index (χ2v) is 7.64. The lowest BCUT2D eigenvalue weighted by Crippen LogP contribution is -2.21. The van der Waals surface area contributed by atoms with E-state index in [1.54, 1.807) is 6.07 Å². The smallest absolute Gasteiger partial charge is 0.275 e. The van der Waals surface area contributed by atoms with Crippen molar-refractivity contribution in [3.8, 4) is 0 Å². The Morgan fingerprint density at radius 2 is 1.86 bits per heavy atom. The summed E-state index contributed by atoms with van der Waals surface area (Å²) in [4.78, 5) is 0. The van der Waals surface area contributed by atoms with Gasteiger partial charge in [0.25, 0.3) is 10.0 Å². The van der Waals surface area contributed by atoms with E-state index >= 15 is 0 Å². The summed E-state index contributed by atoms with van der Waals surface area (Å²) in [5, 5.41) is 3.18. The summed E-state index contributed by atoms with van der Waals surface area (Å²) in [6.45, 7) is 1.13. The highest BCUT2D eigenvalue weighted by Crippen LogP contribution is 2.18. The summed E-state index contributed by atoms with van der Waals surface area (Å²) >= 11 is 3.48. The first-order valence-electron chi connectivity index (χ1n) is 6.36. The van der Waals surface area contributed by atoms with Crippen molar-refractivity contribution >= 4 is 26.0 Å². The van der Waals surface area contributed by atoms with Crippen LogP contribution in [0.2, 0.25) is 0 Å². The topological polar surface area (TPSA) is 62.6 Å². The fourth-order valence-electron chi connectivity index (χ4n) is 1.73. The number of benzene rings is 1. The zero-order chi connectivity index (χ0) is 15.5. The van der Waals surface area contributed by atoms with E-state index in [2.05, 4.69) is 21.2 Å². The monoisotopic (exact) mass is 372 g/mol. The molecule has 1 N–H and O–H groups in total. The van der Waals surface area contributed by atoms with Crippen molar-refractivity contribution in [2.24, 2.45) is 0 Å². The molecule has 2 aromatic rings. The van der Waals surface area contributed by atoms with Gasteiger partial charge in [0.15, 0.2) is 0 Å². The summed E-state index contributed by atoms with van der Waals surface area (Å²) in [6, 6.07) is 11.1. The van der Waals surface area contributed by atoms with E-state index in [4.69, 9.17) is 4.42 Å². The highest BCUT2D eigenvalue weighted by molar-refractivity contribution is 9.10. The maximum absolute atomic E-state index is 11.9. The maximum Gasteiger partial charge on any atom is 0.275 e. The van der Waals surface area contributed by atoms with Crippen LogP contribution in [0.4, 0.5) is 0 Å². The molecule has 7 heteroatoms. The average Bonchev–Trinajstić information content (AvgIpc) is 2.90. The molecule has 0 bridgehead atoms. The van der Waals surface area contributed by atoms with Gasteiger partial charge in [0.2, 0.25) is 5.09 Å². The third kappa shape index (κ3) is 3.94. The van der Waals surface area contributed by atoms with Crippen LogP contribution < -0.4 is 5.32 Å².